The van der Waals surface area contributed by atoms with Crippen molar-refractivity contribution in [2.45, 2.75) is 19.8 Å². The molecule has 0 saturated carbocycles. The Morgan fingerprint density at radius 3 is 2.52 bits per heavy atom. The van der Waals surface area contributed by atoms with Crippen molar-refractivity contribution >= 4 is 27.9 Å². The van der Waals surface area contributed by atoms with Gasteiger partial charge in [0.25, 0.3) is 0 Å². The number of anilines is 1. The van der Waals surface area contributed by atoms with E-state index in [9.17, 15) is 10.1 Å². The predicted molar refractivity (Wildman–Crippen MR) is 132 cm³/mol. The number of aryl methyl sites for hydroxylation is 2. The van der Waals surface area contributed by atoms with E-state index in [0.29, 0.717) is 5.56 Å². The minimum atomic E-state index is -0.460. The van der Waals surface area contributed by atoms with E-state index in [0.717, 1.165) is 39.0 Å². The zero-order chi connectivity index (χ0) is 22.9. The number of ketones is 1. The van der Waals surface area contributed by atoms with Gasteiger partial charge in [0.15, 0.2) is 5.78 Å². The summed E-state index contributed by atoms with van der Waals surface area (Å²) in [5, 5.41) is 11.2. The van der Waals surface area contributed by atoms with Gasteiger partial charge in [0.2, 0.25) is 0 Å². The first-order valence-electron chi connectivity index (χ1n) is 11.0. The smallest absolute Gasteiger partial charge is 0.182 e. The summed E-state index contributed by atoms with van der Waals surface area (Å²) in [6, 6.07) is 28.0. The first kappa shape index (κ1) is 20.7. The molecule has 0 bridgehead atoms. The molecule has 33 heavy (non-hydrogen) atoms. The number of carbonyl (C=O) groups excluding carboxylic acids is 1. The molecule has 1 aromatic heterocycles. The molecule has 1 atom stereocenters. The van der Waals surface area contributed by atoms with Gasteiger partial charge in [-0.25, -0.2) is 4.98 Å². The normalized spacial score (nSPS) is 15.0. The summed E-state index contributed by atoms with van der Waals surface area (Å²) in [5.74, 6) is -0.437. The number of benzene rings is 3. The number of aromatic nitrogens is 1. The van der Waals surface area contributed by atoms with Crippen LogP contribution in [-0.4, -0.2) is 17.3 Å². The van der Waals surface area contributed by atoms with Gasteiger partial charge in [0, 0.05) is 28.4 Å². The van der Waals surface area contributed by atoms with E-state index in [1.54, 1.807) is 0 Å². The second-order valence-corrected chi connectivity index (χ2v) is 8.52. The van der Waals surface area contributed by atoms with Crippen molar-refractivity contribution in [2.24, 2.45) is 0 Å². The number of carbonyl (C=O) groups is 1. The standard InChI is InChI=1S/C29H23N3O/c1-19-8-11-26-22(14-19)10-12-27(31-26)25-17-32(18-29(33)21-6-4-3-5-7-21)28-13-9-20(2)15-23(28)24(25)16-30/h3-15,17,24H,18H2,1-2H3/t24-/m0/s1. The first-order chi connectivity index (χ1) is 16.0. The molecule has 0 unspecified atom stereocenters. The van der Waals surface area contributed by atoms with E-state index in [1.165, 1.54) is 5.56 Å². The van der Waals surface area contributed by atoms with E-state index >= 15 is 0 Å². The number of rotatable bonds is 4. The number of hydrogen-bond acceptors (Lipinski definition) is 4. The third-order valence-corrected chi connectivity index (χ3v) is 6.09. The molecule has 3 aromatic carbocycles. The van der Waals surface area contributed by atoms with Crippen molar-refractivity contribution in [3.8, 4) is 6.07 Å². The SMILES string of the molecule is Cc1ccc2c(c1)[C@H](C#N)C(c1ccc3cc(C)ccc3n1)=CN2CC(=O)c1ccccc1. The summed E-state index contributed by atoms with van der Waals surface area (Å²) in [5.41, 5.74) is 7.16. The summed E-state index contributed by atoms with van der Waals surface area (Å²) in [7, 11) is 0. The Balaban J connectivity index is 1.62. The molecule has 0 fully saturated rings. The summed E-state index contributed by atoms with van der Waals surface area (Å²) < 4.78 is 0. The molecule has 4 nitrogen and oxygen atoms in total. The minimum Gasteiger partial charge on any atom is -0.339 e. The van der Waals surface area contributed by atoms with Crippen LogP contribution in [0.2, 0.25) is 0 Å². The Hall–Kier alpha value is -4.23. The van der Waals surface area contributed by atoms with E-state index in [-0.39, 0.29) is 12.3 Å². The third-order valence-electron chi connectivity index (χ3n) is 6.09. The first-order valence-corrected chi connectivity index (χ1v) is 11.0. The van der Waals surface area contributed by atoms with Gasteiger partial charge in [0.1, 0.15) is 5.92 Å². The average molecular weight is 430 g/mol. The van der Waals surface area contributed by atoms with E-state index in [1.807, 2.05) is 90.8 Å². The maximum Gasteiger partial charge on any atom is 0.182 e. The van der Waals surface area contributed by atoms with E-state index in [4.69, 9.17) is 4.98 Å². The molecule has 0 spiro atoms. The Kier molecular flexibility index (Phi) is 5.24. The molecule has 2 heterocycles. The van der Waals surface area contributed by atoms with Crippen molar-refractivity contribution in [1.82, 2.24) is 4.98 Å². The lowest BCUT2D eigenvalue weighted by Crippen LogP contribution is -2.29. The van der Waals surface area contributed by atoms with Crippen LogP contribution in [0.4, 0.5) is 5.69 Å². The summed E-state index contributed by atoms with van der Waals surface area (Å²) in [6.45, 7) is 4.26. The van der Waals surface area contributed by atoms with Gasteiger partial charge < -0.3 is 4.90 Å². The Morgan fingerprint density at radius 1 is 0.970 bits per heavy atom. The van der Waals surface area contributed by atoms with Gasteiger partial charge in [-0.2, -0.15) is 5.26 Å². The highest BCUT2D eigenvalue weighted by Crippen LogP contribution is 2.42. The maximum atomic E-state index is 13.0. The molecule has 5 rings (SSSR count). The van der Waals surface area contributed by atoms with Crippen molar-refractivity contribution in [3.05, 3.63) is 113 Å². The highest BCUT2D eigenvalue weighted by atomic mass is 16.1. The molecule has 4 aromatic rings. The topological polar surface area (TPSA) is 57.0 Å². The number of fused-ring (bicyclic) bond motifs is 2. The Bertz CT molecular complexity index is 1450. The van der Waals surface area contributed by atoms with Crippen LogP contribution in [0.3, 0.4) is 0 Å². The van der Waals surface area contributed by atoms with Crippen LogP contribution >= 0.6 is 0 Å². The number of pyridine rings is 1. The van der Waals surface area contributed by atoms with Crippen LogP contribution in [0, 0.1) is 25.2 Å². The fourth-order valence-corrected chi connectivity index (χ4v) is 4.41. The van der Waals surface area contributed by atoms with Crippen LogP contribution in [0.1, 0.15) is 38.7 Å². The number of allylic oxidation sites excluding steroid dienone is 1. The van der Waals surface area contributed by atoms with Crippen LogP contribution in [-0.2, 0) is 0 Å². The molecule has 0 aliphatic carbocycles. The summed E-state index contributed by atoms with van der Waals surface area (Å²) >= 11 is 0. The van der Waals surface area contributed by atoms with E-state index < -0.39 is 5.92 Å². The highest BCUT2D eigenvalue weighted by molar-refractivity contribution is 6.00. The minimum absolute atomic E-state index is 0.0232. The molecule has 0 radical (unpaired) electrons. The zero-order valence-electron chi connectivity index (χ0n) is 18.6. The molecule has 4 heteroatoms. The molecule has 0 amide bonds. The van der Waals surface area contributed by atoms with Gasteiger partial charge in [-0.1, -0.05) is 65.7 Å². The van der Waals surface area contributed by atoms with Crippen molar-refractivity contribution in [2.75, 3.05) is 11.4 Å². The van der Waals surface area contributed by atoms with Crippen LogP contribution in [0.25, 0.3) is 16.5 Å². The number of nitriles is 1. The van der Waals surface area contributed by atoms with Gasteiger partial charge in [-0.05, 0) is 43.7 Å². The lowest BCUT2D eigenvalue weighted by atomic mass is 9.85. The molecule has 1 aliphatic heterocycles. The predicted octanol–water partition coefficient (Wildman–Crippen LogP) is 6.20. The Labute approximate surface area is 193 Å². The molecule has 1 aliphatic rings. The quantitative estimate of drug-likeness (QED) is 0.362. The molecular formula is C29H23N3O. The van der Waals surface area contributed by atoms with Gasteiger partial charge >= 0.3 is 0 Å². The fourth-order valence-electron chi connectivity index (χ4n) is 4.41. The third kappa shape index (κ3) is 3.90. The molecule has 160 valence electrons. The molecule has 0 saturated heterocycles. The monoisotopic (exact) mass is 429 g/mol. The second-order valence-electron chi connectivity index (χ2n) is 8.52. The molecular weight excluding hydrogens is 406 g/mol. The van der Waals surface area contributed by atoms with Gasteiger partial charge in [-0.15, -0.1) is 0 Å². The number of Topliss-reactive ketones (excluding diaryl/α,β-unsaturated/α-hetero) is 1. The Morgan fingerprint density at radius 2 is 1.73 bits per heavy atom. The van der Waals surface area contributed by atoms with Crippen molar-refractivity contribution in [1.29, 1.82) is 5.26 Å². The van der Waals surface area contributed by atoms with Crippen LogP contribution in [0.15, 0.2) is 85.1 Å². The maximum absolute atomic E-state index is 13.0. The van der Waals surface area contributed by atoms with Crippen LogP contribution in [0.5, 0.6) is 0 Å². The molecule has 0 N–H and O–H groups in total. The van der Waals surface area contributed by atoms with Gasteiger partial charge in [-0.3, -0.25) is 4.79 Å². The lowest BCUT2D eigenvalue weighted by Gasteiger charge is -2.32. The average Bonchev–Trinajstić information content (AvgIpc) is 2.83. The van der Waals surface area contributed by atoms with Gasteiger partial charge in [0.05, 0.1) is 23.8 Å². The highest BCUT2D eigenvalue weighted by Gasteiger charge is 2.30. The lowest BCUT2D eigenvalue weighted by molar-refractivity contribution is 0.100. The largest absolute Gasteiger partial charge is 0.339 e. The van der Waals surface area contributed by atoms with Crippen molar-refractivity contribution in [3.63, 3.8) is 0 Å². The zero-order valence-corrected chi connectivity index (χ0v) is 18.6. The second kappa shape index (κ2) is 8.37. The van der Waals surface area contributed by atoms with Crippen LogP contribution < -0.4 is 4.90 Å². The number of nitrogens with zero attached hydrogens (tertiary/aromatic N) is 3. The summed E-state index contributed by atoms with van der Waals surface area (Å²) in [6.07, 6.45) is 1.93. The van der Waals surface area contributed by atoms with Crippen molar-refractivity contribution < 1.29 is 4.79 Å². The summed E-state index contributed by atoms with van der Waals surface area (Å²) in [4.78, 5) is 19.9. The van der Waals surface area contributed by atoms with E-state index in [2.05, 4.69) is 19.1 Å². The fraction of sp³-hybridized carbons (Fsp3) is 0.138. The number of hydrogen-bond donors (Lipinski definition) is 0.